The van der Waals surface area contributed by atoms with Crippen molar-refractivity contribution in [2.75, 3.05) is 0 Å². The van der Waals surface area contributed by atoms with Crippen molar-refractivity contribution in [1.29, 1.82) is 0 Å². The molecule has 53 valence electrons. The van der Waals surface area contributed by atoms with Crippen LogP contribution >= 0.6 is 0 Å². The van der Waals surface area contributed by atoms with Crippen LogP contribution in [0.25, 0.3) is 0 Å². The average molecular weight is 131 g/mol. The first kappa shape index (κ1) is 8.43. The zero-order chi connectivity index (χ0) is 7.28. The number of hydrogen-bond donors (Lipinski definition) is 1. The van der Waals surface area contributed by atoms with E-state index in [1.165, 1.54) is 0 Å². The maximum absolute atomic E-state index is 10.3. The van der Waals surface area contributed by atoms with Crippen molar-refractivity contribution < 1.29 is 15.0 Å². The largest absolute Gasteiger partial charge is 0.481 e. The molecule has 0 saturated carbocycles. The van der Waals surface area contributed by atoms with E-state index in [1.54, 1.807) is 6.92 Å². The highest BCUT2D eigenvalue weighted by molar-refractivity contribution is 5.66. The van der Waals surface area contributed by atoms with E-state index in [2.05, 4.69) is 0 Å². The summed E-state index contributed by atoms with van der Waals surface area (Å²) in [6, 6.07) is 0. The lowest BCUT2D eigenvalue weighted by atomic mass is 10.2. The van der Waals surface area contributed by atoms with Gasteiger partial charge in [0.2, 0.25) is 0 Å². The van der Waals surface area contributed by atoms with E-state index in [9.17, 15) is 9.90 Å². The van der Waals surface area contributed by atoms with Crippen molar-refractivity contribution in [2.24, 2.45) is 0 Å². The van der Waals surface area contributed by atoms with E-state index in [-0.39, 0.29) is 6.42 Å². The summed E-state index contributed by atoms with van der Waals surface area (Å²) in [6.07, 6.45) is 0.461. The molecular weight excluding hydrogens is 120 g/mol. The van der Waals surface area contributed by atoms with E-state index in [0.29, 0.717) is 12.8 Å². The van der Waals surface area contributed by atoms with Gasteiger partial charge in [0.25, 0.3) is 0 Å². The third kappa shape index (κ3) is 7.43. The van der Waals surface area contributed by atoms with Crippen LogP contribution in [0.4, 0.5) is 0 Å². The zero-order valence-electron chi connectivity index (χ0n) is 5.46. The summed E-state index contributed by atoms with van der Waals surface area (Å²) in [6.45, 7) is 1.54. The van der Waals surface area contributed by atoms with E-state index in [1.807, 2.05) is 0 Å². The predicted molar refractivity (Wildman–Crippen MR) is 31.6 cm³/mol. The van der Waals surface area contributed by atoms with Crippen molar-refractivity contribution in [1.82, 2.24) is 0 Å². The minimum absolute atomic E-state index is 0.118. The molecule has 1 unspecified atom stereocenters. The van der Waals surface area contributed by atoms with Gasteiger partial charge in [-0.05, 0) is 19.8 Å². The molecule has 1 atom stereocenters. The Kier molecular flexibility index (Phi) is 4.05. The van der Waals surface area contributed by atoms with Crippen molar-refractivity contribution in [3.05, 3.63) is 0 Å². The molecular formula is C6H11O3. The average Bonchev–Trinajstić information content (AvgIpc) is 1.63. The highest BCUT2D eigenvalue weighted by Crippen LogP contribution is 1.99. The molecule has 0 saturated heterocycles. The molecule has 3 heteroatoms. The van der Waals surface area contributed by atoms with Gasteiger partial charge in [-0.25, -0.2) is 5.11 Å². The molecule has 0 heterocycles. The molecule has 0 aliphatic rings. The quantitative estimate of drug-likeness (QED) is 0.620. The smallest absolute Gasteiger partial charge is 0.303 e. The van der Waals surface area contributed by atoms with Crippen LogP contribution in [0.15, 0.2) is 0 Å². The maximum atomic E-state index is 10.3. The van der Waals surface area contributed by atoms with Crippen LogP contribution in [-0.2, 0) is 9.90 Å². The maximum Gasteiger partial charge on any atom is 0.303 e. The molecule has 0 amide bonds. The molecule has 0 aromatic heterocycles. The van der Waals surface area contributed by atoms with Crippen molar-refractivity contribution in [2.45, 2.75) is 32.3 Å². The number of aliphatic carboxylic acids is 1. The first-order valence-electron chi connectivity index (χ1n) is 3.00. The van der Waals surface area contributed by atoms with Gasteiger partial charge in [0.15, 0.2) is 0 Å². The molecule has 1 N–H and O–H groups in total. The van der Waals surface area contributed by atoms with Gasteiger partial charge in [-0.1, -0.05) is 0 Å². The Morgan fingerprint density at radius 3 is 2.56 bits per heavy atom. The fraction of sp³-hybridized carbons (Fsp3) is 0.833. The monoisotopic (exact) mass is 131 g/mol. The van der Waals surface area contributed by atoms with Gasteiger partial charge >= 0.3 is 5.97 Å². The molecule has 3 nitrogen and oxygen atoms in total. The summed E-state index contributed by atoms with van der Waals surface area (Å²) in [7, 11) is 0. The van der Waals surface area contributed by atoms with Gasteiger partial charge in [0.05, 0.1) is 6.10 Å². The Morgan fingerprint density at radius 2 is 2.22 bits per heavy atom. The predicted octanol–water partition coefficient (Wildman–Crippen LogP) is 1.06. The van der Waals surface area contributed by atoms with Crippen LogP contribution < -0.4 is 0 Å². The molecule has 0 spiro atoms. The Labute approximate surface area is 54.3 Å². The summed E-state index contributed by atoms with van der Waals surface area (Å²) >= 11 is 0. The Hall–Kier alpha value is -0.570. The van der Waals surface area contributed by atoms with Crippen LogP contribution in [0.3, 0.4) is 0 Å². The van der Waals surface area contributed by atoms with E-state index in [4.69, 9.17) is 5.11 Å². The molecule has 0 fully saturated rings. The van der Waals surface area contributed by atoms with Gasteiger partial charge in [-0.2, -0.15) is 0 Å². The van der Waals surface area contributed by atoms with Crippen LogP contribution in [0.5, 0.6) is 0 Å². The zero-order valence-corrected chi connectivity index (χ0v) is 5.46. The fourth-order valence-corrected chi connectivity index (χ4v) is 0.541. The summed E-state index contributed by atoms with van der Waals surface area (Å²) in [5.41, 5.74) is 0. The molecule has 0 rings (SSSR count). The highest BCUT2D eigenvalue weighted by Gasteiger charge is 2.00. The number of hydrogen-bond acceptors (Lipinski definition) is 1. The normalized spacial score (nSPS) is 13.1. The first-order chi connectivity index (χ1) is 4.13. The van der Waals surface area contributed by atoms with Gasteiger partial charge in [0.1, 0.15) is 0 Å². The Balaban J connectivity index is 3.01. The van der Waals surface area contributed by atoms with Crippen molar-refractivity contribution in [3.8, 4) is 0 Å². The van der Waals surface area contributed by atoms with Crippen molar-refractivity contribution >= 4 is 5.97 Å². The van der Waals surface area contributed by atoms with E-state index >= 15 is 0 Å². The van der Waals surface area contributed by atoms with Crippen molar-refractivity contribution in [3.63, 3.8) is 0 Å². The fourth-order valence-electron chi connectivity index (χ4n) is 0.541. The minimum atomic E-state index is -0.823. The van der Waals surface area contributed by atoms with Crippen LogP contribution in [-0.4, -0.2) is 17.2 Å². The molecule has 0 bridgehead atoms. The third-order valence-corrected chi connectivity index (χ3v) is 1.00. The van der Waals surface area contributed by atoms with Gasteiger partial charge in [0, 0.05) is 6.42 Å². The molecule has 0 aromatic rings. The van der Waals surface area contributed by atoms with Crippen LogP contribution in [0.2, 0.25) is 0 Å². The Morgan fingerprint density at radius 1 is 1.67 bits per heavy atom. The second kappa shape index (κ2) is 4.32. The summed E-state index contributed by atoms with van der Waals surface area (Å²) < 4.78 is 0. The van der Waals surface area contributed by atoms with Gasteiger partial charge in [-0.15, -0.1) is 0 Å². The first-order valence-corrected chi connectivity index (χ1v) is 3.00. The lowest BCUT2D eigenvalue weighted by molar-refractivity contribution is -0.137. The van der Waals surface area contributed by atoms with Gasteiger partial charge < -0.3 is 5.11 Å². The summed E-state index contributed by atoms with van der Waals surface area (Å²) in [4.78, 5) is 9.88. The van der Waals surface area contributed by atoms with E-state index in [0.717, 1.165) is 0 Å². The molecule has 0 aromatic carbocycles. The number of carboxylic acid groups (broad SMARTS) is 1. The molecule has 0 aliphatic heterocycles. The lowest BCUT2D eigenvalue weighted by Crippen LogP contribution is -2.00. The van der Waals surface area contributed by atoms with Crippen LogP contribution in [0.1, 0.15) is 26.2 Å². The third-order valence-electron chi connectivity index (χ3n) is 1.00. The van der Waals surface area contributed by atoms with Gasteiger partial charge in [-0.3, -0.25) is 4.79 Å². The van der Waals surface area contributed by atoms with E-state index < -0.39 is 12.1 Å². The summed E-state index contributed by atoms with van der Waals surface area (Å²) in [5, 5.41) is 18.4. The minimum Gasteiger partial charge on any atom is -0.481 e. The Bertz CT molecular complexity index is 88.3. The molecule has 9 heavy (non-hydrogen) atoms. The second-order valence-corrected chi connectivity index (χ2v) is 2.10. The highest BCUT2D eigenvalue weighted by atomic mass is 16.4. The SMILES string of the molecule is CC([O])CCCC(=O)O. The van der Waals surface area contributed by atoms with Crippen LogP contribution in [0, 0.1) is 0 Å². The number of carboxylic acids is 1. The number of carbonyl (C=O) groups is 1. The number of rotatable bonds is 4. The molecule has 1 radical (unpaired) electrons. The standard InChI is InChI=1S/C6H11O3/c1-5(7)3-2-4-6(8)9/h5H,2-4H2,1H3,(H,8,9). The summed E-state index contributed by atoms with van der Waals surface area (Å²) in [5.74, 6) is -0.823. The topological polar surface area (TPSA) is 57.2 Å². The molecule has 0 aliphatic carbocycles. The second-order valence-electron chi connectivity index (χ2n) is 2.10. The lowest BCUT2D eigenvalue weighted by Gasteiger charge is -1.96.